The monoisotopic (exact) mass is 209 g/mol. The average Bonchev–Trinajstić information content (AvgIpc) is 2.03. The minimum absolute atomic E-state index is 0.225. The highest BCUT2D eigenvalue weighted by Crippen LogP contribution is 2.15. The second kappa shape index (κ2) is 4.74. The Labute approximate surface area is 80.3 Å². The van der Waals surface area contributed by atoms with E-state index in [1.165, 1.54) is 11.8 Å². The van der Waals surface area contributed by atoms with Gasteiger partial charge in [0.1, 0.15) is 0 Å². The summed E-state index contributed by atoms with van der Waals surface area (Å²) in [5, 5.41) is 7.95. The van der Waals surface area contributed by atoms with E-state index in [1.54, 1.807) is 6.26 Å². The van der Waals surface area contributed by atoms with E-state index in [4.69, 9.17) is 10.8 Å². The fourth-order valence-electron chi connectivity index (χ4n) is 0.567. The van der Waals surface area contributed by atoms with Crippen molar-refractivity contribution in [2.75, 3.05) is 12.0 Å². The van der Waals surface area contributed by atoms with Crippen molar-refractivity contribution in [1.29, 1.82) is 0 Å². The van der Waals surface area contributed by atoms with Gasteiger partial charge in [-0.25, -0.2) is 4.79 Å². The molecule has 1 unspecified atom stereocenters. The van der Waals surface area contributed by atoms with Crippen LogP contribution in [0.25, 0.3) is 0 Å². The van der Waals surface area contributed by atoms with Crippen LogP contribution in [0.4, 0.5) is 0 Å². The van der Waals surface area contributed by atoms with Crippen LogP contribution in [-0.2, 0) is 9.59 Å². The van der Waals surface area contributed by atoms with Crippen molar-refractivity contribution >= 4 is 36.6 Å². The number of aliphatic carboxylic acids is 1. The molecule has 0 amide bonds. The average molecular weight is 209 g/mol. The zero-order chi connectivity index (χ0) is 9.78. The van der Waals surface area contributed by atoms with Crippen LogP contribution in [0, 0.1) is 0 Å². The molecule has 0 fully saturated rings. The van der Waals surface area contributed by atoms with Crippen LogP contribution in [0.5, 0.6) is 0 Å². The maximum Gasteiger partial charge on any atom is 0.332 e. The number of carboxylic acid groups (broad SMARTS) is 1. The highest BCUT2D eigenvalue weighted by molar-refractivity contribution is 7.99. The van der Waals surface area contributed by atoms with Gasteiger partial charge in [-0.3, -0.25) is 0 Å². The van der Waals surface area contributed by atoms with Crippen LogP contribution < -0.4 is 5.73 Å². The van der Waals surface area contributed by atoms with Crippen molar-refractivity contribution in [2.45, 2.75) is 10.8 Å². The Morgan fingerprint density at radius 3 is 2.67 bits per heavy atom. The predicted octanol–water partition coefficient (Wildman–Crippen LogP) is -0.371. The quantitative estimate of drug-likeness (QED) is 0.327. The molecule has 0 spiro atoms. The summed E-state index contributed by atoms with van der Waals surface area (Å²) in [5.41, 5.74) is 3.44. The van der Waals surface area contributed by atoms with Gasteiger partial charge in [0, 0.05) is 11.0 Å². The molecule has 0 aliphatic rings. The summed E-state index contributed by atoms with van der Waals surface area (Å²) >= 11 is 5.34. The number of hydrogen-bond donors (Lipinski definition) is 3. The van der Waals surface area contributed by atoms with Crippen LogP contribution in [-0.4, -0.2) is 40.2 Å². The Kier molecular flexibility index (Phi) is 4.66. The molecule has 0 saturated heterocycles. The van der Waals surface area contributed by atoms with E-state index in [0.717, 1.165) is 0 Å². The standard InChI is InChI=1S/C6H11NO3S2/c1-12-2-4(11)6(7,3-8)5(9)10/h3-4,11H,2,7H2,1H3,(H,9,10)/t4?,6-/m0/s1. The first-order chi connectivity index (χ1) is 5.49. The largest absolute Gasteiger partial charge is 0.480 e. The fourth-order valence-corrected chi connectivity index (χ4v) is 1.78. The molecule has 0 rings (SSSR count). The molecule has 3 N–H and O–H groups in total. The van der Waals surface area contributed by atoms with Gasteiger partial charge in [0.25, 0.3) is 0 Å². The summed E-state index contributed by atoms with van der Waals surface area (Å²) in [4.78, 5) is 21.0. The first kappa shape index (κ1) is 11.8. The van der Waals surface area contributed by atoms with E-state index in [-0.39, 0.29) is 6.29 Å². The third kappa shape index (κ3) is 2.40. The second-order valence-electron chi connectivity index (χ2n) is 2.33. The number of thiol groups is 1. The van der Waals surface area contributed by atoms with Crippen molar-refractivity contribution in [3.63, 3.8) is 0 Å². The van der Waals surface area contributed by atoms with Gasteiger partial charge >= 0.3 is 5.97 Å². The molecule has 2 atom stereocenters. The molecular formula is C6H11NO3S2. The van der Waals surface area contributed by atoms with Gasteiger partial charge < -0.3 is 15.6 Å². The molecule has 0 bridgehead atoms. The van der Waals surface area contributed by atoms with Crippen molar-refractivity contribution in [3.05, 3.63) is 0 Å². The van der Waals surface area contributed by atoms with Gasteiger partial charge in [-0.05, 0) is 6.26 Å². The zero-order valence-electron chi connectivity index (χ0n) is 6.56. The highest BCUT2D eigenvalue weighted by Gasteiger charge is 2.40. The van der Waals surface area contributed by atoms with Crippen LogP contribution in [0.2, 0.25) is 0 Å². The van der Waals surface area contributed by atoms with Crippen LogP contribution in [0.3, 0.4) is 0 Å². The maximum atomic E-state index is 10.6. The van der Waals surface area contributed by atoms with Crippen molar-refractivity contribution < 1.29 is 14.7 Å². The first-order valence-corrected chi connectivity index (χ1v) is 5.05. The van der Waals surface area contributed by atoms with Crippen LogP contribution in [0.1, 0.15) is 0 Å². The molecule has 0 radical (unpaired) electrons. The van der Waals surface area contributed by atoms with E-state index in [2.05, 4.69) is 12.6 Å². The van der Waals surface area contributed by atoms with Gasteiger partial charge in [0.05, 0.1) is 0 Å². The third-order valence-corrected chi connectivity index (χ3v) is 2.96. The molecule has 0 aromatic heterocycles. The summed E-state index contributed by atoms with van der Waals surface area (Å²) in [6, 6.07) is 0. The van der Waals surface area contributed by atoms with Gasteiger partial charge in [-0.15, -0.1) is 0 Å². The summed E-state index contributed by atoms with van der Waals surface area (Å²) < 4.78 is 0. The summed E-state index contributed by atoms with van der Waals surface area (Å²) in [6.45, 7) is 0. The summed E-state index contributed by atoms with van der Waals surface area (Å²) in [6.07, 6.45) is 2.01. The number of carboxylic acids is 1. The fraction of sp³-hybridized carbons (Fsp3) is 0.667. The minimum atomic E-state index is -1.87. The van der Waals surface area contributed by atoms with Gasteiger partial charge in [0.15, 0.2) is 11.8 Å². The van der Waals surface area contributed by atoms with E-state index in [0.29, 0.717) is 5.75 Å². The molecule has 6 heteroatoms. The Morgan fingerprint density at radius 1 is 1.92 bits per heavy atom. The lowest BCUT2D eigenvalue weighted by molar-refractivity contribution is -0.145. The molecule has 0 heterocycles. The Hall–Kier alpha value is -0.200. The number of nitrogens with two attached hydrogens (primary N) is 1. The van der Waals surface area contributed by atoms with Gasteiger partial charge in [0.2, 0.25) is 0 Å². The van der Waals surface area contributed by atoms with Crippen molar-refractivity contribution in [3.8, 4) is 0 Å². The maximum absolute atomic E-state index is 10.6. The molecule has 12 heavy (non-hydrogen) atoms. The SMILES string of the molecule is CSCC(S)[C@@](N)(C=O)C(=O)O. The summed E-state index contributed by atoms with van der Waals surface area (Å²) in [7, 11) is 0. The van der Waals surface area contributed by atoms with Gasteiger partial charge in [-0.1, -0.05) is 0 Å². The smallest absolute Gasteiger partial charge is 0.332 e. The number of aldehydes is 1. The van der Waals surface area contributed by atoms with Crippen molar-refractivity contribution in [2.24, 2.45) is 5.73 Å². The molecule has 0 aliphatic carbocycles. The number of carbonyl (C=O) groups excluding carboxylic acids is 1. The molecule has 4 nitrogen and oxygen atoms in total. The number of thioether (sulfide) groups is 1. The molecular weight excluding hydrogens is 198 g/mol. The van der Waals surface area contributed by atoms with Crippen LogP contribution in [0.15, 0.2) is 0 Å². The highest BCUT2D eigenvalue weighted by atomic mass is 32.2. The Balaban J connectivity index is 4.50. The molecule has 0 saturated carbocycles. The van der Waals surface area contributed by atoms with Crippen LogP contribution >= 0.6 is 24.4 Å². The van der Waals surface area contributed by atoms with E-state index in [9.17, 15) is 9.59 Å². The van der Waals surface area contributed by atoms with Crippen molar-refractivity contribution in [1.82, 2.24) is 0 Å². The first-order valence-electron chi connectivity index (χ1n) is 3.14. The topological polar surface area (TPSA) is 80.4 Å². The Bertz CT molecular complexity index is 188. The second-order valence-corrected chi connectivity index (χ2v) is 3.86. The lowest BCUT2D eigenvalue weighted by atomic mass is 10.00. The predicted molar refractivity (Wildman–Crippen MR) is 51.8 cm³/mol. The third-order valence-electron chi connectivity index (χ3n) is 1.44. The molecule has 70 valence electrons. The molecule has 0 aromatic carbocycles. The van der Waals surface area contributed by atoms with E-state index < -0.39 is 16.8 Å². The number of hydrogen-bond acceptors (Lipinski definition) is 5. The number of carbonyl (C=O) groups is 2. The minimum Gasteiger partial charge on any atom is -0.480 e. The molecule has 0 aromatic rings. The van der Waals surface area contributed by atoms with Gasteiger partial charge in [-0.2, -0.15) is 24.4 Å². The summed E-state index contributed by atoms with van der Waals surface area (Å²) in [5.74, 6) is -0.920. The lowest BCUT2D eigenvalue weighted by Gasteiger charge is -2.23. The van der Waals surface area contributed by atoms with E-state index in [1.807, 2.05) is 0 Å². The number of rotatable bonds is 5. The zero-order valence-corrected chi connectivity index (χ0v) is 8.27. The lowest BCUT2D eigenvalue weighted by Crippen LogP contribution is -2.57. The van der Waals surface area contributed by atoms with E-state index >= 15 is 0 Å². The molecule has 0 aliphatic heterocycles. The normalized spacial score (nSPS) is 17.9. The Morgan fingerprint density at radius 2 is 2.42 bits per heavy atom.